The molecule has 0 saturated heterocycles. The van der Waals surface area contributed by atoms with Crippen molar-refractivity contribution in [3.8, 4) is 22.5 Å². The van der Waals surface area contributed by atoms with Gasteiger partial charge >= 0.3 is 0 Å². The predicted octanol–water partition coefficient (Wildman–Crippen LogP) is 11.5. The van der Waals surface area contributed by atoms with Gasteiger partial charge in [-0.15, -0.1) is 48.0 Å². The molecule has 2 aromatic carbocycles. The Balaban J connectivity index is 0.000000217. The molecule has 0 amide bonds. The summed E-state index contributed by atoms with van der Waals surface area (Å²) < 4.78 is 103. The van der Waals surface area contributed by atoms with Crippen LogP contribution in [0.4, 0.5) is 4.39 Å². The fourth-order valence-electron chi connectivity index (χ4n) is 7.19. The van der Waals surface area contributed by atoms with E-state index >= 15 is 0 Å². The molecule has 0 N–H and O–H groups in total. The van der Waals surface area contributed by atoms with Gasteiger partial charge in [-0.05, 0) is 77.9 Å². The first-order valence-corrected chi connectivity index (χ1v) is 21.5. The van der Waals surface area contributed by atoms with E-state index in [0.717, 1.165) is 66.6 Å². The summed E-state index contributed by atoms with van der Waals surface area (Å²) in [6.45, 7) is 1.73. The van der Waals surface area contributed by atoms with Gasteiger partial charge in [0.05, 0.1) is 13.7 Å². The first-order chi connectivity index (χ1) is 28.6. The Morgan fingerprint density at radius 3 is 2.29 bits per heavy atom. The third kappa shape index (κ3) is 8.64. The molecule has 0 unspecified atom stereocenters. The zero-order valence-electron chi connectivity index (χ0n) is 39.8. The van der Waals surface area contributed by atoms with Crippen molar-refractivity contribution in [1.82, 2.24) is 15.0 Å². The van der Waals surface area contributed by atoms with Crippen LogP contribution in [0.15, 0.2) is 71.4 Å². The molecule has 2 aliphatic rings. The van der Waals surface area contributed by atoms with Crippen molar-refractivity contribution in [3.05, 3.63) is 107 Å². The Kier molecular flexibility index (Phi) is 8.69. The third-order valence-electron chi connectivity index (χ3n) is 9.90. The molecule has 4 heterocycles. The number of furan rings is 1. The third-order valence-corrected chi connectivity index (χ3v) is 11.9. The summed E-state index contributed by atoms with van der Waals surface area (Å²) in [6.07, 6.45) is 8.69. The van der Waals surface area contributed by atoms with Crippen LogP contribution in [0.25, 0.3) is 44.6 Å². The number of pyridine rings is 3. The van der Waals surface area contributed by atoms with Gasteiger partial charge in [-0.2, -0.15) is 0 Å². The monoisotopic (exact) mass is 898 g/mol. The molecule has 273 valence electrons. The van der Waals surface area contributed by atoms with E-state index in [4.69, 9.17) is 18.1 Å². The van der Waals surface area contributed by atoms with Crippen molar-refractivity contribution in [2.24, 2.45) is 11.8 Å². The quantitative estimate of drug-likeness (QED) is 0.118. The molecule has 8 rings (SSSR count). The van der Waals surface area contributed by atoms with E-state index in [-0.39, 0.29) is 82.1 Å². The SMILES string of the molecule is [2H]C([2H])([2H])c1ccc2c(n1)oc1c(-c3cc(C([2H])([2H])[2H])c(C([2H])([2H])C4CCCC4)cn3)[c-]cc(F)c12.[2H]C([2H])(c1cc(-c2[c-]cccc2)ncc1[Si](C)(C)C)C1CCCCC1.[Ir]. The van der Waals surface area contributed by atoms with Crippen molar-refractivity contribution in [3.63, 3.8) is 0 Å². The standard InChI is InChI=1S/C24H22FN2O.C21H28NSi.Ir/c1-14-11-21(26-13-17(14)12-16-5-3-4-6-16)18-9-10-20(25)22-19-8-7-15(2)27-24(19)28-23(18)22;1-23(2,3)21-16-22-20(18-12-8-5-9-13-18)15-19(21)14-17-10-6-4-7-11-17;/h7-8,10-11,13,16H,3-6,12H2,1-2H3;5,8-9,12,15-17H,4,6-7,10-11,14H2,1-3H3;/q2*-1;/i1D3,2D3,12D2;14D2;. The van der Waals surface area contributed by atoms with Gasteiger partial charge in [-0.25, -0.2) is 4.98 Å². The van der Waals surface area contributed by atoms with Gasteiger partial charge in [-0.3, -0.25) is 4.39 Å². The maximum absolute atomic E-state index is 14.9. The van der Waals surface area contributed by atoms with Crippen LogP contribution in [0.3, 0.4) is 0 Å². The molecule has 0 aliphatic heterocycles. The van der Waals surface area contributed by atoms with Crippen LogP contribution in [-0.2, 0) is 32.9 Å². The number of hydrogen-bond donors (Lipinski definition) is 0. The second-order valence-electron chi connectivity index (χ2n) is 14.7. The summed E-state index contributed by atoms with van der Waals surface area (Å²) >= 11 is 0. The van der Waals surface area contributed by atoms with Gasteiger partial charge in [0.25, 0.3) is 0 Å². The molecule has 1 radical (unpaired) electrons. The summed E-state index contributed by atoms with van der Waals surface area (Å²) in [5, 5.41) is 1.46. The zero-order valence-corrected chi connectivity index (χ0v) is 33.2. The number of hydrogen-bond acceptors (Lipinski definition) is 4. The van der Waals surface area contributed by atoms with Gasteiger partial charge in [-0.1, -0.05) is 106 Å². The molecule has 2 aliphatic carbocycles. The van der Waals surface area contributed by atoms with Crippen LogP contribution in [0.1, 0.15) is 93.9 Å². The first kappa shape index (κ1) is 27.1. The maximum Gasteiger partial charge on any atom is 0.216 e. The normalized spacial score (nSPS) is 19.3. The number of fused-ring (bicyclic) bond motifs is 3. The largest absolute Gasteiger partial charge is 0.486 e. The molecule has 6 aromatic rings. The van der Waals surface area contributed by atoms with E-state index in [1.807, 2.05) is 36.5 Å². The molecule has 2 saturated carbocycles. The maximum atomic E-state index is 14.9. The number of halogens is 1. The molecule has 0 spiro atoms. The first-order valence-electron chi connectivity index (χ1n) is 23.0. The van der Waals surface area contributed by atoms with Gasteiger partial charge in [0.1, 0.15) is 0 Å². The van der Waals surface area contributed by atoms with E-state index in [1.54, 1.807) is 0 Å². The number of aromatic nitrogens is 3. The molecule has 2 fully saturated rings. The molecule has 7 heteroatoms. The number of rotatable bonds is 7. The Morgan fingerprint density at radius 2 is 1.60 bits per heavy atom. The minimum Gasteiger partial charge on any atom is -0.486 e. The molecule has 0 bridgehead atoms. The van der Waals surface area contributed by atoms with Gasteiger partial charge in [0.2, 0.25) is 5.71 Å². The number of nitrogens with zero attached hydrogens (tertiary/aromatic N) is 3. The van der Waals surface area contributed by atoms with E-state index in [0.29, 0.717) is 12.8 Å². The molecule has 4 aromatic heterocycles. The zero-order chi connectivity index (χ0) is 44.1. The Bertz CT molecular complexity index is 2530. The summed E-state index contributed by atoms with van der Waals surface area (Å²) in [4.78, 5) is 13.1. The van der Waals surface area contributed by atoms with E-state index in [1.165, 1.54) is 30.8 Å². The second-order valence-corrected chi connectivity index (χ2v) is 19.8. The molecular formula is C45H50FIrN3OSi-2. The van der Waals surface area contributed by atoms with Gasteiger partial charge in [0, 0.05) is 63.1 Å². The predicted molar refractivity (Wildman–Crippen MR) is 210 cm³/mol. The van der Waals surface area contributed by atoms with Crippen molar-refractivity contribution in [1.29, 1.82) is 0 Å². The van der Waals surface area contributed by atoms with Crippen LogP contribution < -0.4 is 5.19 Å². The minimum atomic E-state index is -2.62. The Morgan fingerprint density at radius 1 is 0.865 bits per heavy atom. The van der Waals surface area contributed by atoms with E-state index in [2.05, 4.69) is 46.7 Å². The Hall–Kier alpha value is -3.51. The smallest absolute Gasteiger partial charge is 0.216 e. The van der Waals surface area contributed by atoms with Crippen LogP contribution in [0.2, 0.25) is 19.6 Å². The van der Waals surface area contributed by atoms with Crippen LogP contribution in [-0.4, -0.2) is 23.0 Å². The number of benzene rings is 2. The topological polar surface area (TPSA) is 51.8 Å². The average Bonchev–Trinajstić information content (AvgIpc) is 3.91. The minimum absolute atomic E-state index is 0. The van der Waals surface area contributed by atoms with Crippen LogP contribution >= 0.6 is 0 Å². The fraction of sp³-hybridized carbons (Fsp3) is 0.400. The van der Waals surface area contributed by atoms with Crippen molar-refractivity contribution >= 4 is 35.3 Å². The second kappa shape index (κ2) is 16.7. The van der Waals surface area contributed by atoms with Crippen molar-refractivity contribution < 1.29 is 42.6 Å². The molecule has 4 nitrogen and oxygen atoms in total. The van der Waals surface area contributed by atoms with Gasteiger partial charge < -0.3 is 14.4 Å². The van der Waals surface area contributed by atoms with Crippen molar-refractivity contribution in [2.45, 2.75) is 104 Å². The summed E-state index contributed by atoms with van der Waals surface area (Å²) in [6, 6.07) is 20.9. The molecule has 0 atom stereocenters. The summed E-state index contributed by atoms with van der Waals surface area (Å²) in [5.41, 5.74) is 2.48. The summed E-state index contributed by atoms with van der Waals surface area (Å²) in [5.74, 6) is -0.850. The van der Waals surface area contributed by atoms with E-state index < -0.39 is 40.3 Å². The Labute approximate surface area is 337 Å². The van der Waals surface area contributed by atoms with Crippen molar-refractivity contribution in [2.75, 3.05) is 0 Å². The van der Waals surface area contributed by atoms with Crippen LogP contribution in [0, 0.1) is 43.5 Å². The molecular weight excluding hydrogens is 838 g/mol. The molecule has 52 heavy (non-hydrogen) atoms. The van der Waals surface area contributed by atoms with E-state index in [9.17, 15) is 4.39 Å². The average molecular weight is 898 g/mol. The van der Waals surface area contributed by atoms with Crippen LogP contribution in [0.5, 0.6) is 0 Å². The number of aryl methyl sites for hydroxylation is 2. The summed E-state index contributed by atoms with van der Waals surface area (Å²) in [7, 11) is -1.69. The fourth-order valence-corrected chi connectivity index (χ4v) is 8.60. The van der Waals surface area contributed by atoms with Gasteiger partial charge in [0.15, 0.2) is 0 Å².